The number of alkyl carbamates (subject to hydrolysis) is 1. The van der Waals surface area contributed by atoms with Crippen molar-refractivity contribution in [1.82, 2.24) is 5.32 Å². The molecule has 3 aliphatic carbocycles. The molecule has 0 radical (unpaired) electrons. The number of ether oxygens (including phenoxy) is 1. The maximum atomic E-state index is 12.1. The Morgan fingerprint density at radius 1 is 1.17 bits per heavy atom. The van der Waals surface area contributed by atoms with Crippen molar-refractivity contribution >= 4 is 6.09 Å². The standard InChI is InChI=1S/C31H52N2O2/c1-22(2)9-6-10-24(4)28-16-17-29-25(11-7-18-31(28,29)5)13-14-26-21-27(15-12-23(26)3)35-30(34)33-20-8-19-32/h13-14,22,24,27-29H,3,6-12,15-21,32H2,1-2,4-5H3,(H,33,34)/b25-13+,26-14-/t24-,27+,28-,29+,31-/m1/s1. The lowest BCUT2D eigenvalue weighted by Gasteiger charge is -2.44. The molecule has 1 amide bonds. The minimum atomic E-state index is -0.323. The van der Waals surface area contributed by atoms with E-state index in [1.54, 1.807) is 5.57 Å². The third kappa shape index (κ3) is 7.47. The Balaban J connectivity index is 1.62. The SMILES string of the molecule is C=C1CC[C@H](OC(=O)NCCCN)C/C1=C/C=C1\CCC[C@]2(C)[C@@H]([C@H](C)CCCC(C)C)CC[C@@H]12. The first-order valence-corrected chi connectivity index (χ1v) is 14.5. The van der Waals surface area contributed by atoms with Gasteiger partial charge in [0.05, 0.1) is 0 Å². The Labute approximate surface area is 215 Å². The first-order chi connectivity index (χ1) is 16.7. The minimum Gasteiger partial charge on any atom is -0.446 e. The Morgan fingerprint density at radius 3 is 2.71 bits per heavy atom. The van der Waals surface area contributed by atoms with Crippen molar-refractivity contribution < 1.29 is 9.53 Å². The van der Waals surface area contributed by atoms with E-state index < -0.39 is 0 Å². The van der Waals surface area contributed by atoms with Crippen molar-refractivity contribution in [2.45, 2.75) is 111 Å². The molecule has 0 unspecified atom stereocenters. The van der Waals surface area contributed by atoms with Gasteiger partial charge in [0, 0.05) is 13.0 Å². The summed E-state index contributed by atoms with van der Waals surface area (Å²) in [6.45, 7) is 15.3. The highest BCUT2D eigenvalue weighted by Crippen LogP contribution is 2.60. The number of nitrogens with one attached hydrogen (secondary N) is 1. The summed E-state index contributed by atoms with van der Waals surface area (Å²) in [7, 11) is 0. The third-order valence-electron chi connectivity index (χ3n) is 9.26. The number of allylic oxidation sites excluding steroid dienone is 4. The van der Waals surface area contributed by atoms with E-state index >= 15 is 0 Å². The predicted molar refractivity (Wildman–Crippen MR) is 147 cm³/mol. The number of carbonyl (C=O) groups excluding carboxylic acids is 1. The van der Waals surface area contributed by atoms with Gasteiger partial charge in [-0.05, 0) is 92.6 Å². The average Bonchev–Trinajstić information content (AvgIpc) is 3.17. The van der Waals surface area contributed by atoms with Crippen LogP contribution in [0.1, 0.15) is 105 Å². The largest absolute Gasteiger partial charge is 0.446 e. The zero-order valence-corrected chi connectivity index (χ0v) is 23.0. The van der Waals surface area contributed by atoms with E-state index in [4.69, 9.17) is 10.5 Å². The molecule has 3 saturated carbocycles. The van der Waals surface area contributed by atoms with Gasteiger partial charge in [0.1, 0.15) is 6.10 Å². The van der Waals surface area contributed by atoms with Gasteiger partial charge in [0.15, 0.2) is 0 Å². The van der Waals surface area contributed by atoms with Gasteiger partial charge in [-0.25, -0.2) is 4.79 Å². The van der Waals surface area contributed by atoms with Crippen LogP contribution in [-0.4, -0.2) is 25.3 Å². The molecule has 0 aliphatic heterocycles. The molecular weight excluding hydrogens is 432 g/mol. The molecule has 5 atom stereocenters. The van der Waals surface area contributed by atoms with Gasteiger partial charge >= 0.3 is 6.09 Å². The normalized spacial score (nSPS) is 32.2. The monoisotopic (exact) mass is 484 g/mol. The molecule has 0 heterocycles. The summed E-state index contributed by atoms with van der Waals surface area (Å²) >= 11 is 0. The van der Waals surface area contributed by atoms with Gasteiger partial charge < -0.3 is 15.8 Å². The zero-order chi connectivity index (χ0) is 25.4. The Bertz CT molecular complexity index is 783. The summed E-state index contributed by atoms with van der Waals surface area (Å²) in [6, 6.07) is 0. The van der Waals surface area contributed by atoms with E-state index in [0.29, 0.717) is 18.5 Å². The molecule has 0 aromatic carbocycles. The number of amides is 1. The molecule has 0 spiro atoms. The highest BCUT2D eigenvalue weighted by molar-refractivity contribution is 5.67. The Morgan fingerprint density at radius 2 is 1.97 bits per heavy atom. The molecule has 0 aromatic heterocycles. The first-order valence-electron chi connectivity index (χ1n) is 14.5. The summed E-state index contributed by atoms with van der Waals surface area (Å²) in [5.74, 6) is 3.23. The summed E-state index contributed by atoms with van der Waals surface area (Å²) in [6.07, 6.45) is 18.4. The molecule has 3 rings (SSSR count). The molecule has 198 valence electrons. The highest BCUT2D eigenvalue weighted by Gasteiger charge is 2.50. The molecule has 3 N–H and O–H groups in total. The molecule has 0 aromatic rings. The topological polar surface area (TPSA) is 64.3 Å². The van der Waals surface area contributed by atoms with Crippen molar-refractivity contribution in [2.24, 2.45) is 34.8 Å². The molecule has 4 nitrogen and oxygen atoms in total. The fourth-order valence-electron chi connectivity index (χ4n) is 7.23. The maximum absolute atomic E-state index is 12.1. The average molecular weight is 485 g/mol. The van der Waals surface area contributed by atoms with E-state index in [2.05, 4.69) is 51.7 Å². The van der Waals surface area contributed by atoms with Crippen LogP contribution < -0.4 is 11.1 Å². The van der Waals surface area contributed by atoms with Gasteiger partial charge in [-0.1, -0.05) is 76.8 Å². The van der Waals surface area contributed by atoms with Crippen LogP contribution in [0.25, 0.3) is 0 Å². The second kappa shape index (κ2) is 13.1. The molecule has 3 aliphatic rings. The number of hydrogen-bond donors (Lipinski definition) is 2. The first kappa shape index (κ1) is 28.0. The summed E-state index contributed by atoms with van der Waals surface area (Å²) in [4.78, 5) is 12.1. The summed E-state index contributed by atoms with van der Waals surface area (Å²) in [5, 5.41) is 2.81. The van der Waals surface area contributed by atoms with Crippen molar-refractivity contribution in [2.75, 3.05) is 13.1 Å². The number of nitrogens with two attached hydrogens (primary N) is 1. The van der Waals surface area contributed by atoms with Crippen LogP contribution in [0.2, 0.25) is 0 Å². The fourth-order valence-corrected chi connectivity index (χ4v) is 7.23. The second-order valence-electron chi connectivity index (χ2n) is 12.3. The van der Waals surface area contributed by atoms with Crippen LogP contribution in [0.15, 0.2) is 35.5 Å². The Hall–Kier alpha value is -1.55. The lowest BCUT2D eigenvalue weighted by atomic mass is 9.60. The number of carbonyl (C=O) groups is 1. The van der Waals surface area contributed by atoms with E-state index in [1.165, 1.54) is 62.5 Å². The lowest BCUT2D eigenvalue weighted by molar-refractivity contribution is 0.0893. The number of fused-ring (bicyclic) bond motifs is 1. The quantitative estimate of drug-likeness (QED) is 0.312. The lowest BCUT2D eigenvalue weighted by Crippen LogP contribution is -2.36. The van der Waals surface area contributed by atoms with Crippen LogP contribution in [0, 0.1) is 29.1 Å². The fraction of sp³-hybridized carbons (Fsp3) is 0.774. The highest BCUT2D eigenvalue weighted by atomic mass is 16.6. The Kier molecular flexibility index (Phi) is 10.5. The van der Waals surface area contributed by atoms with Crippen LogP contribution in [-0.2, 0) is 4.74 Å². The third-order valence-corrected chi connectivity index (χ3v) is 9.26. The molecular formula is C31H52N2O2. The van der Waals surface area contributed by atoms with Crippen LogP contribution in [0.3, 0.4) is 0 Å². The van der Waals surface area contributed by atoms with Crippen LogP contribution in [0.4, 0.5) is 4.79 Å². The smallest absolute Gasteiger partial charge is 0.407 e. The molecule has 35 heavy (non-hydrogen) atoms. The summed E-state index contributed by atoms with van der Waals surface area (Å²) in [5.41, 5.74) is 10.1. The van der Waals surface area contributed by atoms with Gasteiger partial charge in [-0.3, -0.25) is 0 Å². The van der Waals surface area contributed by atoms with Crippen molar-refractivity contribution in [3.63, 3.8) is 0 Å². The second-order valence-corrected chi connectivity index (χ2v) is 12.3. The molecule has 4 heteroatoms. The number of rotatable bonds is 10. The van der Waals surface area contributed by atoms with E-state index in [-0.39, 0.29) is 12.2 Å². The van der Waals surface area contributed by atoms with Crippen molar-refractivity contribution in [1.29, 1.82) is 0 Å². The molecule has 0 bridgehead atoms. The van der Waals surface area contributed by atoms with E-state index in [0.717, 1.165) is 49.4 Å². The van der Waals surface area contributed by atoms with Gasteiger partial charge in [0.25, 0.3) is 0 Å². The minimum absolute atomic E-state index is 0.0674. The summed E-state index contributed by atoms with van der Waals surface area (Å²) < 4.78 is 5.69. The van der Waals surface area contributed by atoms with Crippen LogP contribution >= 0.6 is 0 Å². The van der Waals surface area contributed by atoms with Gasteiger partial charge in [0.2, 0.25) is 0 Å². The van der Waals surface area contributed by atoms with E-state index in [1.807, 2.05) is 0 Å². The predicted octanol–water partition coefficient (Wildman–Crippen LogP) is 7.70. The van der Waals surface area contributed by atoms with E-state index in [9.17, 15) is 4.79 Å². The molecule has 3 fully saturated rings. The molecule has 0 saturated heterocycles. The van der Waals surface area contributed by atoms with Gasteiger partial charge in [-0.2, -0.15) is 0 Å². The van der Waals surface area contributed by atoms with Crippen molar-refractivity contribution in [3.8, 4) is 0 Å². The van der Waals surface area contributed by atoms with Gasteiger partial charge in [-0.15, -0.1) is 0 Å². The maximum Gasteiger partial charge on any atom is 0.407 e. The zero-order valence-electron chi connectivity index (χ0n) is 23.0. The van der Waals surface area contributed by atoms with Crippen LogP contribution in [0.5, 0.6) is 0 Å². The van der Waals surface area contributed by atoms with Crippen molar-refractivity contribution in [3.05, 3.63) is 35.5 Å². The number of hydrogen-bond acceptors (Lipinski definition) is 3.